The number of nitrogens with zero attached hydrogens (tertiary/aromatic N) is 1. The minimum atomic E-state index is -0.418. The van der Waals surface area contributed by atoms with Gasteiger partial charge in [0, 0.05) is 5.57 Å². The van der Waals surface area contributed by atoms with Crippen molar-refractivity contribution in [2.45, 2.75) is 33.2 Å². The minimum Gasteiger partial charge on any atom is -0.337 e. The third-order valence-corrected chi connectivity index (χ3v) is 1.56. The van der Waals surface area contributed by atoms with E-state index in [-0.39, 0.29) is 5.91 Å². The molecule has 3 nitrogen and oxygen atoms in total. The maximum Gasteiger partial charge on any atom is 0.247 e. The fourth-order valence-electron chi connectivity index (χ4n) is 0.817. The number of carbonyl (C=O) groups is 1. The van der Waals surface area contributed by atoms with E-state index in [1.165, 1.54) is 0 Å². The summed E-state index contributed by atoms with van der Waals surface area (Å²) < 4.78 is 0. The molecular weight excluding hydrogens is 152 g/mol. The van der Waals surface area contributed by atoms with Gasteiger partial charge in [0.25, 0.3) is 0 Å². The third-order valence-electron chi connectivity index (χ3n) is 1.56. The molecule has 0 aliphatic heterocycles. The molecule has 0 saturated carbocycles. The quantitative estimate of drug-likeness (QED) is 0.644. The molecule has 0 aromatic rings. The number of hydrogen-bond acceptors (Lipinski definition) is 2. The Balaban J connectivity index is 4.14. The van der Waals surface area contributed by atoms with Crippen molar-refractivity contribution >= 4 is 5.91 Å². The zero-order valence-corrected chi connectivity index (χ0v) is 7.72. The molecule has 0 aliphatic carbocycles. The molecule has 0 bridgehead atoms. The van der Waals surface area contributed by atoms with Crippen molar-refractivity contribution in [3.8, 4) is 6.07 Å². The first kappa shape index (κ1) is 10.7. The number of nitrogens with one attached hydrogen (secondary N) is 1. The molecule has 0 fully saturated rings. The van der Waals surface area contributed by atoms with Crippen LogP contribution < -0.4 is 5.32 Å². The van der Waals surface area contributed by atoms with Gasteiger partial charge in [0.2, 0.25) is 5.91 Å². The summed E-state index contributed by atoms with van der Waals surface area (Å²) >= 11 is 0. The Kier molecular flexibility index (Phi) is 4.78. The Hall–Kier alpha value is -1.30. The number of carbonyl (C=O) groups excluding carboxylic acids is 1. The summed E-state index contributed by atoms with van der Waals surface area (Å²) in [5.41, 5.74) is 0.720. The van der Waals surface area contributed by atoms with Crippen LogP contribution in [-0.4, -0.2) is 11.9 Å². The van der Waals surface area contributed by atoms with E-state index < -0.39 is 6.04 Å². The molecule has 12 heavy (non-hydrogen) atoms. The van der Waals surface area contributed by atoms with Gasteiger partial charge in [0.05, 0.1) is 6.07 Å². The van der Waals surface area contributed by atoms with E-state index in [0.29, 0.717) is 6.42 Å². The fourth-order valence-corrected chi connectivity index (χ4v) is 0.817. The Morgan fingerprint density at radius 2 is 2.33 bits per heavy atom. The van der Waals surface area contributed by atoms with E-state index in [4.69, 9.17) is 5.26 Å². The van der Waals surface area contributed by atoms with Crippen LogP contribution in [0.25, 0.3) is 0 Å². The predicted molar refractivity (Wildman–Crippen MR) is 47.3 cm³/mol. The summed E-state index contributed by atoms with van der Waals surface area (Å²) in [6, 6.07) is 1.52. The maximum absolute atomic E-state index is 11.2. The van der Waals surface area contributed by atoms with Gasteiger partial charge in [-0.25, -0.2) is 0 Å². The molecule has 0 radical (unpaired) electrons. The summed E-state index contributed by atoms with van der Waals surface area (Å²) in [5.74, 6) is -0.144. The maximum atomic E-state index is 11.2. The molecule has 0 aromatic carbocycles. The zero-order valence-electron chi connectivity index (χ0n) is 7.72. The van der Waals surface area contributed by atoms with Crippen molar-refractivity contribution < 1.29 is 4.79 Å². The van der Waals surface area contributed by atoms with Crippen LogP contribution in [0.1, 0.15) is 27.2 Å². The Morgan fingerprint density at radius 1 is 1.75 bits per heavy atom. The second-order valence-electron chi connectivity index (χ2n) is 2.49. The second-order valence-corrected chi connectivity index (χ2v) is 2.49. The van der Waals surface area contributed by atoms with Crippen LogP contribution in [-0.2, 0) is 4.79 Å². The number of hydrogen-bond donors (Lipinski definition) is 1. The first-order valence-corrected chi connectivity index (χ1v) is 4.01. The molecule has 66 valence electrons. The van der Waals surface area contributed by atoms with Crippen LogP contribution in [0.3, 0.4) is 0 Å². The molecule has 0 aliphatic rings. The normalized spacial score (nSPS) is 13.3. The van der Waals surface area contributed by atoms with Crippen LogP contribution in [0.2, 0.25) is 0 Å². The highest BCUT2D eigenvalue weighted by molar-refractivity contribution is 5.93. The second kappa shape index (κ2) is 5.36. The lowest BCUT2D eigenvalue weighted by Gasteiger charge is -2.07. The first-order valence-electron chi connectivity index (χ1n) is 4.01. The van der Waals surface area contributed by atoms with Gasteiger partial charge in [-0.3, -0.25) is 4.79 Å². The molecule has 0 rings (SSSR count). The summed E-state index contributed by atoms with van der Waals surface area (Å²) in [5, 5.41) is 11.0. The molecule has 0 saturated heterocycles. The zero-order chi connectivity index (χ0) is 9.56. The summed E-state index contributed by atoms with van der Waals surface area (Å²) in [6.45, 7) is 5.38. The monoisotopic (exact) mass is 166 g/mol. The van der Waals surface area contributed by atoms with Gasteiger partial charge in [-0.1, -0.05) is 13.0 Å². The summed E-state index contributed by atoms with van der Waals surface area (Å²) in [7, 11) is 0. The van der Waals surface area contributed by atoms with Crippen LogP contribution in [0, 0.1) is 11.3 Å². The van der Waals surface area contributed by atoms with Crippen molar-refractivity contribution in [2.75, 3.05) is 0 Å². The van der Waals surface area contributed by atoms with Crippen LogP contribution in [0.4, 0.5) is 0 Å². The highest BCUT2D eigenvalue weighted by Crippen LogP contribution is 1.99. The van der Waals surface area contributed by atoms with Crippen molar-refractivity contribution in [3.05, 3.63) is 11.6 Å². The molecule has 1 atom stereocenters. The first-order chi connectivity index (χ1) is 5.65. The smallest absolute Gasteiger partial charge is 0.247 e. The lowest BCUT2D eigenvalue weighted by molar-refractivity contribution is -0.117. The average Bonchev–Trinajstić information content (AvgIpc) is 2.06. The molecule has 1 N–H and O–H groups in total. The minimum absolute atomic E-state index is 0.144. The topological polar surface area (TPSA) is 52.9 Å². The van der Waals surface area contributed by atoms with E-state index in [0.717, 1.165) is 5.57 Å². The van der Waals surface area contributed by atoms with Crippen LogP contribution in [0.5, 0.6) is 0 Å². The van der Waals surface area contributed by atoms with Gasteiger partial charge in [0.15, 0.2) is 0 Å². The van der Waals surface area contributed by atoms with Crippen molar-refractivity contribution in [1.82, 2.24) is 5.32 Å². The average molecular weight is 166 g/mol. The number of amides is 1. The Morgan fingerprint density at radius 3 is 2.67 bits per heavy atom. The highest BCUT2D eigenvalue weighted by atomic mass is 16.1. The van der Waals surface area contributed by atoms with Gasteiger partial charge in [-0.05, 0) is 20.3 Å². The fraction of sp³-hybridized carbons (Fsp3) is 0.556. The predicted octanol–water partition coefficient (Wildman–Crippen LogP) is 1.37. The number of allylic oxidation sites excluding steroid dienone is 1. The van der Waals surface area contributed by atoms with E-state index in [2.05, 4.69) is 5.32 Å². The summed E-state index contributed by atoms with van der Waals surface area (Å²) in [4.78, 5) is 11.2. The number of rotatable bonds is 3. The third kappa shape index (κ3) is 3.20. The molecule has 1 amide bonds. The van der Waals surface area contributed by atoms with E-state index >= 15 is 0 Å². The van der Waals surface area contributed by atoms with E-state index in [9.17, 15) is 4.79 Å². The molecule has 0 aromatic heterocycles. The van der Waals surface area contributed by atoms with E-state index in [1.54, 1.807) is 13.0 Å². The van der Waals surface area contributed by atoms with Crippen molar-refractivity contribution in [3.63, 3.8) is 0 Å². The highest BCUT2D eigenvalue weighted by Gasteiger charge is 2.08. The standard InChI is InChI=1S/C9H14N2O/c1-4-8(5-2)9(12)11-7(3)6-10/h4,7H,5H2,1-3H3,(H,11,12)/b8-4-. The summed E-state index contributed by atoms with van der Waals surface area (Å²) in [6.07, 6.45) is 2.46. The number of nitriles is 1. The van der Waals surface area contributed by atoms with Crippen molar-refractivity contribution in [1.29, 1.82) is 5.26 Å². The van der Waals surface area contributed by atoms with Gasteiger partial charge < -0.3 is 5.32 Å². The molecule has 0 heterocycles. The molecule has 0 spiro atoms. The van der Waals surface area contributed by atoms with Gasteiger partial charge in [-0.2, -0.15) is 5.26 Å². The lowest BCUT2D eigenvalue weighted by Crippen LogP contribution is -2.32. The molecular formula is C9H14N2O. The molecule has 1 unspecified atom stereocenters. The Bertz CT molecular complexity index is 225. The van der Waals surface area contributed by atoms with Crippen LogP contribution in [0.15, 0.2) is 11.6 Å². The molecule has 3 heteroatoms. The van der Waals surface area contributed by atoms with Crippen molar-refractivity contribution in [2.24, 2.45) is 0 Å². The Labute approximate surface area is 73.1 Å². The SMILES string of the molecule is C/C=C(/CC)C(=O)NC(C)C#N. The van der Waals surface area contributed by atoms with Gasteiger partial charge in [0.1, 0.15) is 6.04 Å². The van der Waals surface area contributed by atoms with Gasteiger partial charge in [-0.15, -0.1) is 0 Å². The lowest BCUT2D eigenvalue weighted by atomic mass is 10.2. The largest absolute Gasteiger partial charge is 0.337 e. The van der Waals surface area contributed by atoms with E-state index in [1.807, 2.05) is 19.9 Å². The van der Waals surface area contributed by atoms with Gasteiger partial charge >= 0.3 is 0 Å². The van der Waals surface area contributed by atoms with Crippen LogP contribution >= 0.6 is 0 Å².